The molecule has 2 aromatic rings. The lowest BCUT2D eigenvalue weighted by Gasteiger charge is -2.20. The van der Waals surface area contributed by atoms with Crippen LogP contribution in [0.2, 0.25) is 0 Å². The Bertz CT molecular complexity index is 618. The van der Waals surface area contributed by atoms with Crippen molar-refractivity contribution < 1.29 is 4.74 Å². The molecule has 0 radical (unpaired) electrons. The summed E-state index contributed by atoms with van der Waals surface area (Å²) in [5.74, 6) is 1.39. The van der Waals surface area contributed by atoms with E-state index < -0.39 is 0 Å². The van der Waals surface area contributed by atoms with Crippen LogP contribution in [0.5, 0.6) is 5.75 Å². The minimum atomic E-state index is 0. The van der Waals surface area contributed by atoms with Crippen molar-refractivity contribution in [1.29, 1.82) is 0 Å². The molecule has 3 rings (SSSR count). The third-order valence-electron chi connectivity index (χ3n) is 4.14. The summed E-state index contributed by atoms with van der Waals surface area (Å²) in [6.45, 7) is 2.02. The Morgan fingerprint density at radius 2 is 1.95 bits per heavy atom. The van der Waals surface area contributed by atoms with Gasteiger partial charge in [0, 0.05) is 17.4 Å². The second kappa shape index (κ2) is 7.91. The lowest BCUT2D eigenvalue weighted by Crippen LogP contribution is -2.20. The Hall–Kier alpha value is -1.16. The van der Waals surface area contributed by atoms with Crippen LogP contribution in [0.1, 0.15) is 22.6 Å². The molecule has 2 aromatic carbocycles. The number of methoxy groups -OCH3 is 1. The van der Waals surface area contributed by atoms with E-state index in [0.29, 0.717) is 5.92 Å². The van der Waals surface area contributed by atoms with Gasteiger partial charge in [-0.05, 0) is 48.0 Å². The molecule has 1 atom stereocenters. The zero-order valence-corrected chi connectivity index (χ0v) is 14.6. The molecule has 0 aromatic heterocycles. The molecule has 1 aliphatic heterocycles. The van der Waals surface area contributed by atoms with Crippen LogP contribution < -0.4 is 10.1 Å². The first-order valence-electron chi connectivity index (χ1n) is 7.34. The van der Waals surface area contributed by atoms with Crippen molar-refractivity contribution >= 4 is 24.2 Å². The highest BCUT2D eigenvalue weighted by Crippen LogP contribution is 2.37. The summed E-state index contributed by atoms with van der Waals surface area (Å²) < 4.78 is 5.59. The quantitative estimate of drug-likeness (QED) is 0.853. The van der Waals surface area contributed by atoms with Gasteiger partial charge >= 0.3 is 0 Å². The molecule has 1 unspecified atom stereocenters. The van der Waals surface area contributed by atoms with Crippen molar-refractivity contribution in [1.82, 2.24) is 5.32 Å². The topological polar surface area (TPSA) is 21.3 Å². The van der Waals surface area contributed by atoms with Gasteiger partial charge in [-0.25, -0.2) is 0 Å². The Kier molecular flexibility index (Phi) is 6.18. The highest BCUT2D eigenvalue weighted by molar-refractivity contribution is 7.98. The molecule has 1 aliphatic rings. The fraction of sp³-hybridized carbons (Fsp3) is 0.333. The fourth-order valence-electron chi connectivity index (χ4n) is 3.04. The number of thioether (sulfide) groups is 1. The number of ether oxygens (including phenoxy) is 1. The average molecular weight is 336 g/mol. The third-order valence-corrected chi connectivity index (χ3v) is 4.90. The van der Waals surface area contributed by atoms with E-state index >= 15 is 0 Å². The van der Waals surface area contributed by atoms with Gasteiger partial charge in [-0.2, -0.15) is 0 Å². The molecule has 1 heterocycles. The van der Waals surface area contributed by atoms with Crippen molar-refractivity contribution in [3.8, 4) is 5.75 Å². The number of halogens is 1. The molecule has 0 fully saturated rings. The van der Waals surface area contributed by atoms with Gasteiger partial charge < -0.3 is 10.1 Å². The van der Waals surface area contributed by atoms with Gasteiger partial charge in [0.2, 0.25) is 0 Å². The van der Waals surface area contributed by atoms with E-state index in [2.05, 4.69) is 54.0 Å². The predicted octanol–water partition coefficient (Wildman–Crippen LogP) is 4.12. The Balaban J connectivity index is 0.00000176. The molecule has 2 nitrogen and oxygen atoms in total. The molecule has 0 saturated heterocycles. The van der Waals surface area contributed by atoms with Gasteiger partial charge in [-0.3, -0.25) is 0 Å². The maximum Gasteiger partial charge on any atom is 0.132 e. The van der Waals surface area contributed by atoms with E-state index in [4.69, 9.17) is 4.74 Å². The first-order valence-corrected chi connectivity index (χ1v) is 8.56. The van der Waals surface area contributed by atoms with Gasteiger partial charge in [0.1, 0.15) is 5.75 Å². The van der Waals surface area contributed by atoms with Crippen molar-refractivity contribution in [2.45, 2.75) is 17.2 Å². The summed E-state index contributed by atoms with van der Waals surface area (Å²) in [5, 5.41) is 3.57. The zero-order chi connectivity index (χ0) is 14.7. The molecule has 4 heteroatoms. The molecule has 1 N–H and O–H groups in total. The van der Waals surface area contributed by atoms with Crippen LogP contribution in [0.3, 0.4) is 0 Å². The van der Waals surface area contributed by atoms with Crippen molar-refractivity contribution in [3.05, 3.63) is 59.2 Å². The standard InChI is InChI=1S/C18H21NOS.ClH/c1-20-17-11-15-14(10-18(17)21-2)8-9-19-12-16(15)13-6-4-3-5-7-13;/h3-7,10-11,16,19H,8-9,12H2,1-2H3;1H. The second-order valence-electron chi connectivity index (χ2n) is 5.32. The first kappa shape index (κ1) is 17.2. The largest absolute Gasteiger partial charge is 0.496 e. The summed E-state index contributed by atoms with van der Waals surface area (Å²) in [5.41, 5.74) is 4.21. The maximum absolute atomic E-state index is 5.59. The molecule has 0 spiro atoms. The molecular formula is C18H22ClNOS. The molecule has 0 amide bonds. The summed E-state index contributed by atoms with van der Waals surface area (Å²) in [6, 6.07) is 15.3. The smallest absolute Gasteiger partial charge is 0.132 e. The normalized spacial score (nSPS) is 17.1. The van der Waals surface area contributed by atoms with Crippen LogP contribution in [0, 0.1) is 0 Å². The van der Waals surface area contributed by atoms with Crippen LogP contribution in [0.4, 0.5) is 0 Å². The number of rotatable bonds is 3. The van der Waals surface area contributed by atoms with Gasteiger partial charge in [0.15, 0.2) is 0 Å². The van der Waals surface area contributed by atoms with E-state index in [1.54, 1.807) is 18.9 Å². The summed E-state index contributed by atoms with van der Waals surface area (Å²) in [7, 11) is 1.76. The van der Waals surface area contributed by atoms with Crippen molar-refractivity contribution in [2.75, 3.05) is 26.5 Å². The predicted molar refractivity (Wildman–Crippen MR) is 96.9 cm³/mol. The highest BCUT2D eigenvalue weighted by Gasteiger charge is 2.22. The third kappa shape index (κ3) is 3.43. The van der Waals surface area contributed by atoms with E-state index in [9.17, 15) is 0 Å². The van der Waals surface area contributed by atoms with Crippen LogP contribution >= 0.6 is 24.2 Å². The monoisotopic (exact) mass is 335 g/mol. The number of hydrogen-bond acceptors (Lipinski definition) is 3. The van der Waals surface area contributed by atoms with Crippen LogP contribution in [-0.2, 0) is 6.42 Å². The highest BCUT2D eigenvalue weighted by atomic mass is 35.5. The molecule has 22 heavy (non-hydrogen) atoms. The molecule has 118 valence electrons. The average Bonchev–Trinajstić information content (AvgIpc) is 2.76. The van der Waals surface area contributed by atoms with E-state index in [-0.39, 0.29) is 12.4 Å². The minimum Gasteiger partial charge on any atom is -0.496 e. The minimum absolute atomic E-state index is 0. The lowest BCUT2D eigenvalue weighted by molar-refractivity contribution is 0.404. The van der Waals surface area contributed by atoms with Gasteiger partial charge in [-0.1, -0.05) is 30.3 Å². The number of hydrogen-bond donors (Lipinski definition) is 1. The summed E-state index contributed by atoms with van der Waals surface area (Å²) in [4.78, 5) is 1.23. The SMILES string of the molecule is COc1cc2c(cc1SC)CCNCC2c1ccccc1.Cl. The lowest BCUT2D eigenvalue weighted by atomic mass is 9.88. The first-order chi connectivity index (χ1) is 10.3. The number of benzene rings is 2. The fourth-order valence-corrected chi connectivity index (χ4v) is 3.64. The maximum atomic E-state index is 5.59. The summed E-state index contributed by atoms with van der Waals surface area (Å²) in [6.07, 6.45) is 3.18. The molecule has 0 aliphatic carbocycles. The van der Waals surface area contributed by atoms with Gasteiger partial charge in [0.25, 0.3) is 0 Å². The van der Waals surface area contributed by atoms with Crippen LogP contribution in [0.15, 0.2) is 47.4 Å². The molecule has 0 saturated carbocycles. The van der Waals surface area contributed by atoms with Crippen molar-refractivity contribution in [3.63, 3.8) is 0 Å². The van der Waals surface area contributed by atoms with E-state index in [1.165, 1.54) is 21.6 Å². The number of fused-ring (bicyclic) bond motifs is 1. The Morgan fingerprint density at radius 1 is 1.18 bits per heavy atom. The second-order valence-corrected chi connectivity index (χ2v) is 6.17. The number of nitrogens with one attached hydrogen (secondary N) is 1. The van der Waals surface area contributed by atoms with Crippen LogP contribution in [0.25, 0.3) is 0 Å². The Labute approximate surface area is 143 Å². The summed E-state index contributed by atoms with van der Waals surface area (Å²) >= 11 is 1.75. The van der Waals surface area contributed by atoms with Crippen molar-refractivity contribution in [2.24, 2.45) is 0 Å². The zero-order valence-electron chi connectivity index (χ0n) is 13.0. The van der Waals surface area contributed by atoms with E-state index in [1.807, 2.05) is 0 Å². The van der Waals surface area contributed by atoms with E-state index in [0.717, 1.165) is 25.3 Å². The molecular weight excluding hydrogens is 314 g/mol. The van der Waals surface area contributed by atoms with Gasteiger partial charge in [-0.15, -0.1) is 24.2 Å². The Morgan fingerprint density at radius 3 is 2.64 bits per heavy atom. The molecule has 0 bridgehead atoms. The van der Waals surface area contributed by atoms with Gasteiger partial charge in [0.05, 0.1) is 7.11 Å². The van der Waals surface area contributed by atoms with Crippen LogP contribution in [-0.4, -0.2) is 26.5 Å².